The third-order valence-corrected chi connectivity index (χ3v) is 6.47. The van der Waals surface area contributed by atoms with Gasteiger partial charge in [-0.3, -0.25) is 15.7 Å². The number of allylic oxidation sites excluding steroid dienone is 4. The second-order valence-electron chi connectivity index (χ2n) is 8.97. The Morgan fingerprint density at radius 1 is 0.800 bits per heavy atom. The van der Waals surface area contributed by atoms with E-state index < -0.39 is 11.9 Å². The normalized spacial score (nSPS) is 20.9. The average molecular weight is 475 g/mol. The minimum Gasteiger partial charge on any atom is -1.00 e. The predicted molar refractivity (Wildman–Crippen MR) is 113 cm³/mol. The van der Waals surface area contributed by atoms with E-state index in [1.54, 1.807) is 0 Å². The van der Waals surface area contributed by atoms with Gasteiger partial charge in [0, 0.05) is 0 Å². The van der Waals surface area contributed by atoms with Crippen molar-refractivity contribution in [2.75, 3.05) is 0 Å². The molecule has 0 atom stereocenters. The first-order valence-electron chi connectivity index (χ1n) is 10.8. The molecule has 0 aromatic rings. The van der Waals surface area contributed by atoms with Gasteiger partial charge in [-0.05, 0) is 25.7 Å². The van der Waals surface area contributed by atoms with Crippen LogP contribution in [0.4, 0.5) is 0 Å². The van der Waals surface area contributed by atoms with Crippen LogP contribution in [-0.4, -0.2) is 22.2 Å². The van der Waals surface area contributed by atoms with Crippen molar-refractivity contribution in [2.45, 2.75) is 98.8 Å². The van der Waals surface area contributed by atoms with E-state index in [4.69, 9.17) is 10.2 Å². The molecule has 0 unspecified atom stereocenters. The summed E-state index contributed by atoms with van der Waals surface area (Å²) in [6.07, 6.45) is 13.9. The van der Waals surface area contributed by atoms with Gasteiger partial charge in [0.15, 0.2) is 0 Å². The van der Waals surface area contributed by atoms with Gasteiger partial charge in [-0.1, -0.05) is 71.6 Å². The molecule has 0 saturated heterocycles. The molecule has 0 aliphatic heterocycles. The fourth-order valence-electron chi connectivity index (χ4n) is 4.11. The summed E-state index contributed by atoms with van der Waals surface area (Å²) >= 11 is 0. The van der Waals surface area contributed by atoms with Crippen molar-refractivity contribution in [3.05, 3.63) is 22.8 Å². The number of hydrogen-bond acceptors (Lipinski definition) is 2. The smallest absolute Gasteiger partial charge is 1.00 e. The summed E-state index contributed by atoms with van der Waals surface area (Å²) in [4.78, 5) is 20.7. The van der Waals surface area contributed by atoms with Crippen LogP contribution in [0, 0.1) is 23.3 Å². The third-order valence-electron chi connectivity index (χ3n) is 6.47. The molecule has 3 aliphatic carbocycles. The molecular weight excluding hydrogens is 436 g/mol. The van der Waals surface area contributed by atoms with E-state index in [0.717, 1.165) is 51.4 Å². The Morgan fingerprint density at radius 3 is 1.27 bits per heavy atom. The van der Waals surface area contributed by atoms with E-state index in [9.17, 15) is 9.59 Å². The minimum absolute atomic E-state index is 0. The number of carboxylic acids is 2. The van der Waals surface area contributed by atoms with Gasteiger partial charge in [0.2, 0.25) is 0 Å². The van der Waals surface area contributed by atoms with E-state index in [1.807, 2.05) is 0 Å². The first-order chi connectivity index (χ1) is 13.1. The van der Waals surface area contributed by atoms with E-state index in [1.165, 1.54) is 29.6 Å². The van der Waals surface area contributed by atoms with Gasteiger partial charge in [0.1, 0.15) is 0 Å². The standard InChI is InChI=1S/C10H15.2C7H12O2.ClH.Ti/c1-7-6-10(4,5)9(3)8(7)2;2*8-7(9)6-4-2-1-3-5-6;;/h1-5H3;2*6H,1-5H2,(H,8,9);1H;/q-1;;;;+2/p-1. The molecular formula is C24H39ClO4Ti. The van der Waals surface area contributed by atoms with Gasteiger partial charge in [-0.25, -0.2) is 5.57 Å². The average Bonchev–Trinajstić information content (AvgIpc) is 2.85. The Bertz CT molecular complexity index is 570. The molecule has 0 bridgehead atoms. The van der Waals surface area contributed by atoms with Crippen LogP contribution in [0.15, 0.2) is 16.7 Å². The number of halogens is 1. The predicted octanol–water partition coefficient (Wildman–Crippen LogP) is 3.42. The molecule has 30 heavy (non-hydrogen) atoms. The maximum absolute atomic E-state index is 10.4. The summed E-state index contributed by atoms with van der Waals surface area (Å²) < 4.78 is 0. The van der Waals surface area contributed by atoms with Gasteiger partial charge in [-0.2, -0.15) is 11.1 Å². The van der Waals surface area contributed by atoms with E-state index in [-0.39, 0.29) is 51.4 Å². The van der Waals surface area contributed by atoms with Crippen molar-refractivity contribution in [3.8, 4) is 0 Å². The molecule has 3 rings (SSSR count). The van der Waals surface area contributed by atoms with Crippen LogP contribution < -0.4 is 12.4 Å². The van der Waals surface area contributed by atoms with Crippen LogP contribution >= 0.6 is 0 Å². The fourth-order valence-corrected chi connectivity index (χ4v) is 4.11. The maximum atomic E-state index is 10.4. The zero-order chi connectivity index (χ0) is 21.3. The number of carboxylic acid groups (broad SMARTS) is 2. The molecule has 3 aliphatic rings. The van der Waals surface area contributed by atoms with Gasteiger partial charge in [0.25, 0.3) is 0 Å². The van der Waals surface area contributed by atoms with Gasteiger partial charge < -0.3 is 22.6 Å². The second kappa shape index (κ2) is 15.3. The maximum Gasteiger partial charge on any atom is 2.00 e. The zero-order valence-electron chi connectivity index (χ0n) is 19.3. The number of hydrogen-bond donors (Lipinski definition) is 2. The molecule has 0 aromatic heterocycles. The minimum atomic E-state index is -0.602. The molecule has 0 heterocycles. The number of aliphatic carboxylic acids is 2. The van der Waals surface area contributed by atoms with Crippen LogP contribution in [0.25, 0.3) is 0 Å². The van der Waals surface area contributed by atoms with Crippen molar-refractivity contribution >= 4 is 11.9 Å². The molecule has 4 nitrogen and oxygen atoms in total. The fraction of sp³-hybridized carbons (Fsp3) is 0.750. The summed E-state index contributed by atoms with van der Waals surface area (Å²) in [6.45, 7) is 10.9. The molecule has 2 saturated carbocycles. The van der Waals surface area contributed by atoms with Crippen LogP contribution in [0.5, 0.6) is 0 Å². The van der Waals surface area contributed by atoms with Crippen molar-refractivity contribution in [1.29, 1.82) is 0 Å². The van der Waals surface area contributed by atoms with Crippen molar-refractivity contribution in [3.63, 3.8) is 0 Å². The Kier molecular flexibility index (Phi) is 16.1. The van der Waals surface area contributed by atoms with Gasteiger partial charge in [0.05, 0.1) is 11.8 Å². The van der Waals surface area contributed by atoms with E-state index >= 15 is 0 Å². The molecule has 0 amide bonds. The third kappa shape index (κ3) is 10.6. The SMILES string of the molecule is CC1=[C-]C(C)(C)C(C)=C1C.O=C(O)C1CCCCC1.O=C(O)C1CCCCC1.[Cl-].[Ti+2]. The van der Waals surface area contributed by atoms with E-state index in [0.29, 0.717) is 0 Å². The van der Waals surface area contributed by atoms with Crippen LogP contribution in [0.3, 0.4) is 0 Å². The summed E-state index contributed by atoms with van der Waals surface area (Å²) in [7, 11) is 0. The molecule has 2 N–H and O–H groups in total. The molecule has 0 radical (unpaired) electrons. The van der Waals surface area contributed by atoms with Crippen LogP contribution in [0.2, 0.25) is 0 Å². The van der Waals surface area contributed by atoms with Gasteiger partial charge >= 0.3 is 33.7 Å². The topological polar surface area (TPSA) is 74.6 Å². The Labute approximate surface area is 204 Å². The Hall–Kier alpha value is -0.576. The largest absolute Gasteiger partial charge is 2.00 e. The van der Waals surface area contributed by atoms with Gasteiger partial charge in [-0.15, -0.1) is 6.92 Å². The molecule has 170 valence electrons. The van der Waals surface area contributed by atoms with Crippen LogP contribution in [0.1, 0.15) is 98.8 Å². The Morgan fingerprint density at radius 2 is 1.13 bits per heavy atom. The second-order valence-corrected chi connectivity index (χ2v) is 8.97. The Balaban J connectivity index is 0. The van der Waals surface area contributed by atoms with Crippen molar-refractivity contribution < 1.29 is 53.9 Å². The zero-order valence-corrected chi connectivity index (χ0v) is 21.6. The van der Waals surface area contributed by atoms with Crippen molar-refractivity contribution in [2.24, 2.45) is 17.3 Å². The summed E-state index contributed by atoms with van der Waals surface area (Å²) in [5, 5.41) is 17.1. The summed E-state index contributed by atoms with van der Waals surface area (Å²) in [5.41, 5.74) is 4.39. The molecule has 2 fully saturated rings. The molecule has 0 spiro atoms. The van der Waals surface area contributed by atoms with Crippen LogP contribution in [-0.2, 0) is 31.3 Å². The molecule has 6 heteroatoms. The summed E-state index contributed by atoms with van der Waals surface area (Å²) in [5.74, 6) is -1.26. The number of rotatable bonds is 2. The monoisotopic (exact) mass is 474 g/mol. The first-order valence-corrected chi connectivity index (χ1v) is 10.8. The van der Waals surface area contributed by atoms with E-state index in [2.05, 4.69) is 40.7 Å². The summed E-state index contributed by atoms with van der Waals surface area (Å²) in [6, 6.07) is 0. The molecule has 0 aromatic carbocycles. The quantitative estimate of drug-likeness (QED) is 0.475. The first kappa shape index (κ1) is 31.6. The number of carbonyl (C=O) groups is 2. The van der Waals surface area contributed by atoms with Crippen molar-refractivity contribution in [1.82, 2.24) is 0 Å².